The van der Waals surface area contributed by atoms with Crippen molar-refractivity contribution >= 4 is 5.97 Å². The van der Waals surface area contributed by atoms with Crippen LogP contribution < -0.4 is 0 Å². The molecule has 4 heteroatoms. The summed E-state index contributed by atoms with van der Waals surface area (Å²) in [4.78, 5) is 14.0. The van der Waals surface area contributed by atoms with Crippen LogP contribution in [0.25, 0.3) is 0 Å². The largest absolute Gasteiger partial charge is 0.467 e. The van der Waals surface area contributed by atoms with Gasteiger partial charge in [-0.05, 0) is 30.7 Å². The molecule has 0 amide bonds. The van der Waals surface area contributed by atoms with Crippen molar-refractivity contribution in [1.82, 2.24) is 4.90 Å². The number of furan rings is 1. The fourth-order valence-electron chi connectivity index (χ4n) is 3.20. The minimum Gasteiger partial charge on any atom is -0.467 e. The molecule has 2 unspecified atom stereocenters. The molecule has 1 saturated heterocycles. The van der Waals surface area contributed by atoms with Crippen molar-refractivity contribution in [3.8, 4) is 0 Å². The molecule has 1 aliphatic carbocycles. The van der Waals surface area contributed by atoms with Gasteiger partial charge in [-0.3, -0.25) is 4.90 Å². The second kappa shape index (κ2) is 5.21. The summed E-state index contributed by atoms with van der Waals surface area (Å²) in [7, 11) is 1.40. The molecular formula is C15H19NO3. The Morgan fingerprint density at radius 1 is 1.37 bits per heavy atom. The number of methoxy groups -OCH3 is 1. The van der Waals surface area contributed by atoms with Gasteiger partial charge in [0, 0.05) is 13.1 Å². The lowest BCUT2D eigenvalue weighted by Crippen LogP contribution is -2.21. The van der Waals surface area contributed by atoms with Gasteiger partial charge < -0.3 is 9.15 Å². The summed E-state index contributed by atoms with van der Waals surface area (Å²) < 4.78 is 10.2. The fourth-order valence-corrected chi connectivity index (χ4v) is 3.20. The van der Waals surface area contributed by atoms with Crippen molar-refractivity contribution in [1.29, 1.82) is 0 Å². The summed E-state index contributed by atoms with van der Waals surface area (Å²) in [6.07, 6.45) is 8.51. The van der Waals surface area contributed by atoms with Gasteiger partial charge in [-0.2, -0.15) is 0 Å². The van der Waals surface area contributed by atoms with Crippen LogP contribution in [0.3, 0.4) is 0 Å². The van der Waals surface area contributed by atoms with Crippen molar-refractivity contribution in [3.63, 3.8) is 0 Å². The van der Waals surface area contributed by atoms with Crippen LogP contribution in [0.2, 0.25) is 0 Å². The molecule has 0 spiro atoms. The zero-order valence-corrected chi connectivity index (χ0v) is 11.2. The predicted octanol–water partition coefficient (Wildman–Crippen LogP) is 2.46. The lowest BCUT2D eigenvalue weighted by atomic mass is 9.86. The van der Waals surface area contributed by atoms with Gasteiger partial charge in [0.15, 0.2) is 0 Å². The molecule has 19 heavy (non-hydrogen) atoms. The van der Waals surface area contributed by atoms with Gasteiger partial charge in [0.05, 0.1) is 19.9 Å². The van der Waals surface area contributed by atoms with E-state index in [1.807, 2.05) is 0 Å². The van der Waals surface area contributed by atoms with E-state index in [0.29, 0.717) is 12.1 Å². The van der Waals surface area contributed by atoms with Crippen molar-refractivity contribution in [2.75, 3.05) is 20.2 Å². The average molecular weight is 261 g/mol. The number of nitrogens with zero attached hydrogens (tertiary/aromatic N) is 1. The third kappa shape index (κ3) is 2.45. The number of likely N-dealkylation sites (tertiary alicyclic amines) is 1. The SMILES string of the molecule is COC(=O)c1ccoc1CN1CC2CC=CCC2C1. The predicted molar refractivity (Wildman–Crippen MR) is 70.7 cm³/mol. The summed E-state index contributed by atoms with van der Waals surface area (Å²) in [5.41, 5.74) is 0.551. The Bertz CT molecular complexity index is 475. The molecule has 0 aromatic carbocycles. The first-order valence-electron chi connectivity index (χ1n) is 6.80. The van der Waals surface area contributed by atoms with E-state index in [1.165, 1.54) is 20.0 Å². The van der Waals surface area contributed by atoms with Crippen molar-refractivity contribution in [2.24, 2.45) is 11.8 Å². The molecule has 102 valence electrons. The molecule has 1 aliphatic heterocycles. The summed E-state index contributed by atoms with van der Waals surface area (Å²) in [6, 6.07) is 1.69. The summed E-state index contributed by atoms with van der Waals surface area (Å²) in [5.74, 6) is 1.93. The van der Waals surface area contributed by atoms with Gasteiger partial charge in [0.2, 0.25) is 0 Å². The number of hydrogen-bond donors (Lipinski definition) is 0. The van der Waals surface area contributed by atoms with Crippen LogP contribution in [0, 0.1) is 11.8 Å². The third-order valence-electron chi connectivity index (χ3n) is 4.21. The van der Waals surface area contributed by atoms with Gasteiger partial charge in [-0.1, -0.05) is 12.2 Å². The highest BCUT2D eigenvalue weighted by Gasteiger charge is 2.33. The first-order chi connectivity index (χ1) is 9.28. The average Bonchev–Trinajstić information content (AvgIpc) is 3.04. The van der Waals surface area contributed by atoms with Gasteiger partial charge in [0.25, 0.3) is 0 Å². The lowest BCUT2D eigenvalue weighted by molar-refractivity contribution is 0.0596. The van der Waals surface area contributed by atoms with Crippen molar-refractivity contribution < 1.29 is 13.9 Å². The maximum Gasteiger partial charge on any atom is 0.341 e. The van der Waals surface area contributed by atoms with Gasteiger partial charge in [-0.25, -0.2) is 4.79 Å². The summed E-state index contributed by atoms with van der Waals surface area (Å²) in [5, 5.41) is 0. The number of fused-ring (bicyclic) bond motifs is 1. The molecule has 1 fully saturated rings. The van der Waals surface area contributed by atoms with E-state index >= 15 is 0 Å². The molecule has 1 aromatic rings. The summed E-state index contributed by atoms with van der Waals surface area (Å²) >= 11 is 0. The second-order valence-corrected chi connectivity index (χ2v) is 5.41. The molecule has 0 bridgehead atoms. The van der Waals surface area contributed by atoms with E-state index in [9.17, 15) is 4.79 Å². The molecular weight excluding hydrogens is 242 g/mol. The third-order valence-corrected chi connectivity index (χ3v) is 4.21. The number of hydrogen-bond acceptors (Lipinski definition) is 4. The van der Waals surface area contributed by atoms with Gasteiger partial charge >= 0.3 is 5.97 Å². The quantitative estimate of drug-likeness (QED) is 0.619. The Balaban J connectivity index is 1.67. The maximum atomic E-state index is 11.6. The number of esters is 1. The van der Waals surface area contributed by atoms with Crippen LogP contribution in [0.1, 0.15) is 29.0 Å². The first kappa shape index (κ1) is 12.5. The Hall–Kier alpha value is -1.55. The highest BCUT2D eigenvalue weighted by atomic mass is 16.5. The van der Waals surface area contributed by atoms with Gasteiger partial charge in [0.1, 0.15) is 11.3 Å². The zero-order valence-electron chi connectivity index (χ0n) is 11.2. The van der Waals surface area contributed by atoms with E-state index < -0.39 is 0 Å². The van der Waals surface area contributed by atoms with E-state index in [-0.39, 0.29) is 5.97 Å². The first-order valence-corrected chi connectivity index (χ1v) is 6.80. The molecule has 4 nitrogen and oxygen atoms in total. The Kier molecular flexibility index (Phi) is 3.42. The maximum absolute atomic E-state index is 11.6. The lowest BCUT2D eigenvalue weighted by Gasteiger charge is -2.18. The zero-order chi connectivity index (χ0) is 13.2. The normalized spacial score (nSPS) is 26.4. The molecule has 0 saturated carbocycles. The van der Waals surface area contributed by atoms with E-state index in [1.54, 1.807) is 12.3 Å². The molecule has 2 heterocycles. The van der Waals surface area contributed by atoms with Crippen LogP contribution in [0.4, 0.5) is 0 Å². The minimum atomic E-state index is -0.318. The monoisotopic (exact) mass is 261 g/mol. The molecule has 0 N–H and O–H groups in total. The Morgan fingerprint density at radius 2 is 2.05 bits per heavy atom. The van der Waals surface area contributed by atoms with E-state index in [0.717, 1.165) is 30.7 Å². The van der Waals surface area contributed by atoms with Crippen LogP contribution in [0.5, 0.6) is 0 Å². The van der Waals surface area contributed by atoms with E-state index in [2.05, 4.69) is 17.1 Å². The standard InChI is InChI=1S/C15H19NO3/c1-18-15(17)13-6-7-19-14(13)10-16-8-11-4-2-3-5-12(11)9-16/h2-3,6-7,11-12H,4-5,8-10H2,1H3. The van der Waals surface area contributed by atoms with Crippen LogP contribution in [0.15, 0.2) is 28.9 Å². The highest BCUT2D eigenvalue weighted by molar-refractivity contribution is 5.90. The van der Waals surface area contributed by atoms with Crippen LogP contribution in [-0.4, -0.2) is 31.1 Å². The van der Waals surface area contributed by atoms with E-state index in [4.69, 9.17) is 9.15 Å². The number of carbonyl (C=O) groups excluding carboxylic acids is 1. The minimum absolute atomic E-state index is 0.318. The van der Waals surface area contributed by atoms with Crippen LogP contribution >= 0.6 is 0 Å². The van der Waals surface area contributed by atoms with Crippen molar-refractivity contribution in [2.45, 2.75) is 19.4 Å². The van der Waals surface area contributed by atoms with Crippen LogP contribution in [-0.2, 0) is 11.3 Å². The molecule has 3 rings (SSSR count). The number of carbonyl (C=O) groups is 1. The molecule has 0 radical (unpaired) electrons. The number of ether oxygens (including phenoxy) is 1. The molecule has 2 aliphatic rings. The summed E-state index contributed by atoms with van der Waals surface area (Å²) in [6.45, 7) is 2.89. The Morgan fingerprint density at radius 3 is 2.68 bits per heavy atom. The number of allylic oxidation sites excluding steroid dienone is 2. The highest BCUT2D eigenvalue weighted by Crippen LogP contribution is 2.33. The van der Waals surface area contributed by atoms with Crippen molar-refractivity contribution in [3.05, 3.63) is 35.8 Å². The molecule has 2 atom stereocenters. The van der Waals surface area contributed by atoms with Gasteiger partial charge in [-0.15, -0.1) is 0 Å². The smallest absolute Gasteiger partial charge is 0.341 e. The topological polar surface area (TPSA) is 42.7 Å². The Labute approximate surface area is 113 Å². The molecule has 1 aromatic heterocycles. The number of rotatable bonds is 3. The fraction of sp³-hybridized carbons (Fsp3) is 0.533. The second-order valence-electron chi connectivity index (χ2n) is 5.41.